The van der Waals surface area contributed by atoms with Gasteiger partial charge in [0.15, 0.2) is 0 Å². The topological polar surface area (TPSA) is 37.4 Å². The lowest BCUT2D eigenvalue weighted by molar-refractivity contribution is -0.132. The molecule has 0 saturated carbocycles. The van der Waals surface area contributed by atoms with Crippen LogP contribution in [0.4, 0.5) is 0 Å². The lowest BCUT2D eigenvalue weighted by atomic mass is 10.0. The number of halogens is 3. The molecule has 0 aromatic carbocycles. The van der Waals surface area contributed by atoms with Crippen LogP contribution in [-0.2, 0) is 9.59 Å². The first kappa shape index (κ1) is 18.1. The van der Waals surface area contributed by atoms with Crippen molar-refractivity contribution in [1.29, 1.82) is 0 Å². The van der Waals surface area contributed by atoms with Crippen molar-refractivity contribution in [2.24, 2.45) is 5.92 Å². The van der Waals surface area contributed by atoms with E-state index < -0.39 is 3.12 Å². The van der Waals surface area contributed by atoms with Crippen molar-refractivity contribution in [3.8, 4) is 0 Å². The van der Waals surface area contributed by atoms with Gasteiger partial charge in [0.1, 0.15) is 0 Å². The molecule has 1 atom stereocenters. The van der Waals surface area contributed by atoms with Crippen LogP contribution >= 0.6 is 46.8 Å². The molecule has 0 aliphatic carbocycles. The summed E-state index contributed by atoms with van der Waals surface area (Å²) in [5.41, 5.74) is 0. The molecule has 2 amide bonds. The Labute approximate surface area is 139 Å². The van der Waals surface area contributed by atoms with Gasteiger partial charge in [-0.3, -0.25) is 9.59 Å². The smallest absolute Gasteiger partial charge is 0.256 e. The molecule has 1 heterocycles. The van der Waals surface area contributed by atoms with Crippen molar-refractivity contribution in [1.82, 2.24) is 4.31 Å². The van der Waals surface area contributed by atoms with Gasteiger partial charge < -0.3 is 0 Å². The van der Waals surface area contributed by atoms with Crippen molar-refractivity contribution in [2.75, 3.05) is 0 Å². The predicted molar refractivity (Wildman–Crippen MR) is 85.7 cm³/mol. The normalized spacial score (nSPS) is 20.4. The summed E-state index contributed by atoms with van der Waals surface area (Å²) in [6, 6.07) is 0. The first-order valence-corrected chi connectivity index (χ1v) is 8.53. The second-order valence-corrected chi connectivity index (χ2v) is 8.78. The summed E-state index contributed by atoms with van der Waals surface area (Å²) in [4.78, 5) is 23.8. The standard InChI is InChI=1S/C13H18Cl3NO2S/c1-2-3-4-5-6-7-8-10-9-11(18)17(12(10)19)20-13(14,15)16/h6-7,10H,2-5,8-9H2,1H3. The number of unbranched alkanes of at least 4 members (excludes halogenated alkanes) is 3. The van der Waals surface area contributed by atoms with Crippen LogP contribution < -0.4 is 0 Å². The Balaban J connectivity index is 2.42. The minimum atomic E-state index is -1.70. The largest absolute Gasteiger partial charge is 0.273 e. The van der Waals surface area contributed by atoms with Crippen LogP contribution in [-0.4, -0.2) is 19.2 Å². The molecule has 0 radical (unpaired) electrons. The number of rotatable bonds is 7. The number of allylic oxidation sites excluding steroid dienone is 2. The van der Waals surface area contributed by atoms with Crippen molar-refractivity contribution >= 4 is 58.6 Å². The molecule has 0 spiro atoms. The molecule has 1 saturated heterocycles. The zero-order chi connectivity index (χ0) is 15.2. The molecular weight excluding hydrogens is 341 g/mol. The van der Waals surface area contributed by atoms with Gasteiger partial charge in [-0.25, -0.2) is 4.31 Å². The molecule has 1 rings (SSSR count). The third-order valence-corrected chi connectivity index (χ3v) is 4.35. The highest BCUT2D eigenvalue weighted by Crippen LogP contribution is 2.44. The molecule has 1 aliphatic rings. The maximum Gasteiger partial charge on any atom is 0.256 e. The van der Waals surface area contributed by atoms with Crippen LogP contribution in [0.3, 0.4) is 0 Å². The number of hydrogen-bond donors (Lipinski definition) is 0. The molecular formula is C13H18Cl3NO2S. The van der Waals surface area contributed by atoms with Gasteiger partial charge in [-0.1, -0.05) is 66.7 Å². The Morgan fingerprint density at radius 2 is 2.00 bits per heavy atom. The number of imide groups is 1. The van der Waals surface area contributed by atoms with Gasteiger partial charge in [-0.05, 0) is 19.3 Å². The van der Waals surface area contributed by atoms with E-state index in [9.17, 15) is 9.59 Å². The Hall–Kier alpha value is 0.1000. The van der Waals surface area contributed by atoms with Crippen molar-refractivity contribution in [3.05, 3.63) is 12.2 Å². The number of carbonyl (C=O) groups excluding carboxylic acids is 2. The fourth-order valence-corrected chi connectivity index (χ4v) is 3.19. The zero-order valence-corrected chi connectivity index (χ0v) is 14.4. The van der Waals surface area contributed by atoms with Gasteiger partial charge in [0.05, 0.1) is 5.92 Å². The summed E-state index contributed by atoms with van der Waals surface area (Å²) in [6.07, 6.45) is 9.34. The molecule has 20 heavy (non-hydrogen) atoms. The summed E-state index contributed by atoms with van der Waals surface area (Å²) in [5.74, 6) is -0.898. The van der Waals surface area contributed by atoms with E-state index in [0.29, 0.717) is 18.4 Å². The Morgan fingerprint density at radius 3 is 2.60 bits per heavy atom. The highest BCUT2D eigenvalue weighted by molar-refractivity contribution is 8.03. The van der Waals surface area contributed by atoms with Gasteiger partial charge in [0.2, 0.25) is 11.8 Å². The summed E-state index contributed by atoms with van der Waals surface area (Å²) in [5, 5.41) is 0. The average Bonchev–Trinajstić information content (AvgIpc) is 2.60. The molecule has 0 aromatic rings. The maximum atomic E-state index is 12.0. The first-order valence-electron chi connectivity index (χ1n) is 6.62. The van der Waals surface area contributed by atoms with E-state index in [1.54, 1.807) is 0 Å². The quantitative estimate of drug-likeness (QED) is 0.214. The zero-order valence-electron chi connectivity index (χ0n) is 11.3. The number of alkyl halides is 3. The Morgan fingerprint density at radius 1 is 1.30 bits per heavy atom. The van der Waals surface area contributed by atoms with Crippen LogP contribution in [0.15, 0.2) is 12.2 Å². The SMILES string of the molecule is CCCCCC=CCC1CC(=O)N(SC(Cl)(Cl)Cl)C1=O. The van der Waals surface area contributed by atoms with E-state index >= 15 is 0 Å². The van der Waals surface area contributed by atoms with Gasteiger partial charge in [0, 0.05) is 18.4 Å². The van der Waals surface area contributed by atoms with Crippen molar-refractivity contribution < 1.29 is 9.59 Å². The molecule has 3 nitrogen and oxygen atoms in total. The molecule has 7 heteroatoms. The minimum absolute atomic E-state index is 0.186. The first-order chi connectivity index (χ1) is 9.35. The highest BCUT2D eigenvalue weighted by atomic mass is 35.6. The molecule has 114 valence electrons. The van der Waals surface area contributed by atoms with Crippen LogP contribution in [0.5, 0.6) is 0 Å². The second kappa shape index (κ2) is 8.52. The van der Waals surface area contributed by atoms with Gasteiger partial charge in [-0.2, -0.15) is 0 Å². The number of hydrogen-bond acceptors (Lipinski definition) is 3. The van der Waals surface area contributed by atoms with E-state index in [1.165, 1.54) is 12.8 Å². The summed E-state index contributed by atoms with van der Waals surface area (Å²) in [7, 11) is 0. The fourth-order valence-electron chi connectivity index (χ4n) is 1.94. The highest BCUT2D eigenvalue weighted by Gasteiger charge is 2.42. The minimum Gasteiger partial charge on any atom is -0.273 e. The Bertz CT molecular complexity index is 382. The van der Waals surface area contributed by atoms with Gasteiger partial charge in [0.25, 0.3) is 3.12 Å². The molecule has 1 aliphatic heterocycles. The lowest BCUT2D eigenvalue weighted by Crippen LogP contribution is -2.26. The van der Waals surface area contributed by atoms with Crippen LogP contribution in [0, 0.1) is 5.92 Å². The third-order valence-electron chi connectivity index (χ3n) is 2.95. The van der Waals surface area contributed by atoms with Crippen molar-refractivity contribution in [3.63, 3.8) is 0 Å². The number of amides is 2. The van der Waals surface area contributed by atoms with E-state index in [-0.39, 0.29) is 24.2 Å². The maximum absolute atomic E-state index is 12.0. The second-order valence-electron chi connectivity index (χ2n) is 4.67. The van der Waals surface area contributed by atoms with Crippen molar-refractivity contribution in [2.45, 2.75) is 48.6 Å². The number of nitrogens with zero attached hydrogens (tertiary/aromatic N) is 1. The van der Waals surface area contributed by atoms with E-state index in [2.05, 4.69) is 13.0 Å². The lowest BCUT2D eigenvalue weighted by Gasteiger charge is -2.17. The monoisotopic (exact) mass is 357 g/mol. The van der Waals surface area contributed by atoms with E-state index in [1.807, 2.05) is 6.08 Å². The summed E-state index contributed by atoms with van der Waals surface area (Å²) in [6.45, 7) is 2.16. The molecule has 0 bridgehead atoms. The predicted octanol–water partition coefficient (Wildman–Crippen LogP) is 4.86. The summed E-state index contributed by atoms with van der Waals surface area (Å²) >= 11 is 17.4. The average molecular weight is 359 g/mol. The third kappa shape index (κ3) is 6.25. The van der Waals surface area contributed by atoms with Crippen LogP contribution in [0.2, 0.25) is 0 Å². The van der Waals surface area contributed by atoms with E-state index in [0.717, 1.165) is 17.1 Å². The van der Waals surface area contributed by atoms with Crippen LogP contribution in [0.25, 0.3) is 0 Å². The Kier molecular flexibility index (Phi) is 7.73. The van der Waals surface area contributed by atoms with Gasteiger partial charge in [-0.15, -0.1) is 0 Å². The molecule has 1 unspecified atom stereocenters. The van der Waals surface area contributed by atoms with Crippen LogP contribution in [0.1, 0.15) is 45.4 Å². The molecule has 0 aromatic heterocycles. The fraction of sp³-hybridized carbons (Fsp3) is 0.692. The van der Waals surface area contributed by atoms with E-state index in [4.69, 9.17) is 34.8 Å². The molecule has 0 N–H and O–H groups in total. The molecule has 1 fully saturated rings. The van der Waals surface area contributed by atoms with Gasteiger partial charge >= 0.3 is 0 Å². The summed E-state index contributed by atoms with van der Waals surface area (Å²) < 4.78 is -0.723. The number of carbonyl (C=O) groups is 2.